The molecule has 1 aromatic rings. The van der Waals surface area contributed by atoms with Gasteiger partial charge in [0.05, 0.1) is 15.3 Å². The molecule has 0 saturated carbocycles. The zero-order valence-electron chi connectivity index (χ0n) is 11.8. The molecule has 6 heteroatoms. The molecule has 1 aliphatic heterocycles. The van der Waals surface area contributed by atoms with Crippen LogP contribution in [0.3, 0.4) is 0 Å². The van der Waals surface area contributed by atoms with Gasteiger partial charge in [0.15, 0.2) is 0 Å². The van der Waals surface area contributed by atoms with Gasteiger partial charge in [-0.1, -0.05) is 12.2 Å². The first-order valence-corrected chi connectivity index (χ1v) is 8.18. The molecule has 20 heavy (non-hydrogen) atoms. The van der Waals surface area contributed by atoms with Crippen LogP contribution in [0, 0.1) is 6.92 Å². The summed E-state index contributed by atoms with van der Waals surface area (Å²) in [6, 6.07) is 1.87. The molecule has 108 valence electrons. The molecular formula is C14H19N3OS2. The maximum absolute atomic E-state index is 12.4. The fourth-order valence-corrected chi connectivity index (χ4v) is 3.72. The Kier molecular flexibility index (Phi) is 4.65. The van der Waals surface area contributed by atoms with Gasteiger partial charge in [0.2, 0.25) is 0 Å². The van der Waals surface area contributed by atoms with E-state index in [1.54, 1.807) is 24.2 Å². The predicted molar refractivity (Wildman–Crippen MR) is 87.1 cm³/mol. The predicted octanol–water partition coefficient (Wildman–Crippen LogP) is 2.01. The minimum Gasteiger partial charge on any atom is -0.392 e. The number of hydrogen-bond acceptors (Lipinski definition) is 4. The highest BCUT2D eigenvalue weighted by Crippen LogP contribution is 2.35. The van der Waals surface area contributed by atoms with E-state index < -0.39 is 0 Å². The number of nitrogens with two attached hydrogens (primary N) is 1. The van der Waals surface area contributed by atoms with E-state index in [2.05, 4.69) is 4.98 Å². The van der Waals surface area contributed by atoms with Gasteiger partial charge in [-0.05, 0) is 37.7 Å². The number of thioether (sulfide) groups is 1. The first kappa shape index (κ1) is 15.3. The molecule has 0 bridgehead atoms. The van der Waals surface area contributed by atoms with Gasteiger partial charge >= 0.3 is 0 Å². The van der Waals surface area contributed by atoms with E-state index in [0.29, 0.717) is 23.6 Å². The molecule has 4 nitrogen and oxygen atoms in total. The number of carbonyl (C=O) groups is 1. The molecule has 0 aromatic carbocycles. The number of pyridine rings is 1. The van der Waals surface area contributed by atoms with Gasteiger partial charge in [-0.3, -0.25) is 9.78 Å². The van der Waals surface area contributed by atoms with Crippen LogP contribution in [0.2, 0.25) is 0 Å². The van der Waals surface area contributed by atoms with Crippen molar-refractivity contribution < 1.29 is 4.79 Å². The van der Waals surface area contributed by atoms with Gasteiger partial charge in [-0.15, -0.1) is 0 Å². The highest BCUT2D eigenvalue weighted by molar-refractivity contribution is 8.02. The first-order valence-electron chi connectivity index (χ1n) is 6.54. The van der Waals surface area contributed by atoms with Gasteiger partial charge in [0.1, 0.15) is 0 Å². The SMILES string of the molecule is CSC1(C(N)=S)CCN(C(=O)c2cncc(C)c2)CC1. The number of likely N-dealkylation sites (tertiary alicyclic amines) is 1. The van der Waals surface area contributed by atoms with E-state index >= 15 is 0 Å². The Hall–Kier alpha value is -1.14. The summed E-state index contributed by atoms with van der Waals surface area (Å²) >= 11 is 6.88. The van der Waals surface area contributed by atoms with Crippen molar-refractivity contribution in [3.63, 3.8) is 0 Å². The maximum atomic E-state index is 12.4. The van der Waals surface area contributed by atoms with Crippen molar-refractivity contribution in [2.24, 2.45) is 5.73 Å². The third-order valence-electron chi connectivity index (χ3n) is 3.82. The lowest BCUT2D eigenvalue weighted by Gasteiger charge is -2.40. The number of nitrogens with zero attached hydrogens (tertiary/aromatic N) is 2. The molecule has 0 aliphatic carbocycles. The smallest absolute Gasteiger partial charge is 0.255 e. The van der Waals surface area contributed by atoms with E-state index in [1.165, 1.54) is 0 Å². The lowest BCUT2D eigenvalue weighted by Crippen LogP contribution is -2.50. The standard InChI is InChI=1S/C14H19N3OS2/c1-10-7-11(9-16-8-10)12(18)17-5-3-14(20-2,4-6-17)13(15)19/h7-9H,3-6H2,1-2H3,(H2,15,19). The molecular weight excluding hydrogens is 290 g/mol. The number of carbonyl (C=O) groups excluding carboxylic acids is 1. The fourth-order valence-electron chi connectivity index (χ4n) is 2.48. The van der Waals surface area contributed by atoms with E-state index in [0.717, 1.165) is 18.4 Å². The number of hydrogen-bond donors (Lipinski definition) is 1. The molecule has 0 atom stereocenters. The highest BCUT2D eigenvalue weighted by Gasteiger charge is 2.37. The Labute approximate surface area is 129 Å². The van der Waals surface area contributed by atoms with Crippen LogP contribution in [0.5, 0.6) is 0 Å². The Balaban J connectivity index is 2.07. The molecule has 1 saturated heterocycles. The molecule has 0 radical (unpaired) electrons. The van der Waals surface area contributed by atoms with Gasteiger partial charge in [-0.2, -0.15) is 11.8 Å². The van der Waals surface area contributed by atoms with Crippen LogP contribution < -0.4 is 5.73 Å². The van der Waals surface area contributed by atoms with E-state index in [-0.39, 0.29) is 10.7 Å². The van der Waals surface area contributed by atoms with Crippen LogP contribution in [0.25, 0.3) is 0 Å². The average molecular weight is 309 g/mol. The second-order valence-corrected chi connectivity index (χ2v) is 6.74. The monoisotopic (exact) mass is 309 g/mol. The van der Waals surface area contributed by atoms with Gasteiger partial charge in [0, 0.05) is 25.5 Å². The van der Waals surface area contributed by atoms with Crippen molar-refractivity contribution in [2.75, 3.05) is 19.3 Å². The quantitative estimate of drug-likeness (QED) is 0.866. The summed E-state index contributed by atoms with van der Waals surface area (Å²) in [7, 11) is 0. The summed E-state index contributed by atoms with van der Waals surface area (Å²) in [6.07, 6.45) is 7.03. The third kappa shape index (κ3) is 2.96. The van der Waals surface area contributed by atoms with Crippen LogP contribution >= 0.6 is 24.0 Å². The Morgan fingerprint density at radius 3 is 2.60 bits per heavy atom. The number of aryl methyl sites for hydroxylation is 1. The van der Waals surface area contributed by atoms with Crippen LogP contribution in [0.15, 0.2) is 18.5 Å². The number of amides is 1. The third-order valence-corrected chi connectivity index (χ3v) is 5.75. The van der Waals surface area contributed by atoms with Crippen LogP contribution in [-0.4, -0.2) is 44.9 Å². The fraction of sp³-hybridized carbons (Fsp3) is 0.500. The van der Waals surface area contributed by atoms with Crippen molar-refractivity contribution in [3.05, 3.63) is 29.6 Å². The topological polar surface area (TPSA) is 59.2 Å². The molecule has 1 amide bonds. The Morgan fingerprint density at radius 2 is 2.10 bits per heavy atom. The van der Waals surface area contributed by atoms with Gasteiger partial charge in [-0.25, -0.2) is 0 Å². The van der Waals surface area contributed by atoms with Crippen molar-refractivity contribution >= 4 is 34.9 Å². The summed E-state index contributed by atoms with van der Waals surface area (Å²) in [6.45, 7) is 3.31. The van der Waals surface area contributed by atoms with E-state index in [1.807, 2.05) is 24.1 Å². The molecule has 0 spiro atoms. The largest absolute Gasteiger partial charge is 0.392 e. The minimum atomic E-state index is -0.156. The van der Waals surface area contributed by atoms with Crippen molar-refractivity contribution in [3.8, 4) is 0 Å². The van der Waals surface area contributed by atoms with Gasteiger partial charge < -0.3 is 10.6 Å². The Morgan fingerprint density at radius 1 is 1.45 bits per heavy atom. The van der Waals surface area contributed by atoms with E-state index in [4.69, 9.17) is 18.0 Å². The second-order valence-electron chi connectivity index (χ2n) is 5.11. The molecule has 0 unspecified atom stereocenters. The van der Waals surface area contributed by atoms with Crippen LogP contribution in [0.1, 0.15) is 28.8 Å². The zero-order valence-corrected chi connectivity index (χ0v) is 13.4. The molecule has 1 aromatic heterocycles. The van der Waals surface area contributed by atoms with Gasteiger partial charge in [0.25, 0.3) is 5.91 Å². The van der Waals surface area contributed by atoms with Crippen molar-refractivity contribution in [1.29, 1.82) is 0 Å². The minimum absolute atomic E-state index is 0.0406. The number of rotatable bonds is 3. The van der Waals surface area contributed by atoms with Crippen molar-refractivity contribution in [1.82, 2.24) is 9.88 Å². The molecule has 1 fully saturated rings. The summed E-state index contributed by atoms with van der Waals surface area (Å²) < 4.78 is -0.156. The molecule has 2 N–H and O–H groups in total. The maximum Gasteiger partial charge on any atom is 0.255 e. The lowest BCUT2D eigenvalue weighted by atomic mass is 9.95. The summed E-state index contributed by atoms with van der Waals surface area (Å²) in [4.78, 5) is 18.9. The molecule has 2 heterocycles. The van der Waals surface area contributed by atoms with E-state index in [9.17, 15) is 4.79 Å². The Bertz CT molecular complexity index is 525. The van der Waals surface area contributed by atoms with Crippen LogP contribution in [-0.2, 0) is 0 Å². The number of piperidine rings is 1. The second kappa shape index (κ2) is 6.10. The lowest BCUT2D eigenvalue weighted by molar-refractivity contribution is 0.0718. The van der Waals surface area contributed by atoms with Crippen LogP contribution in [0.4, 0.5) is 0 Å². The summed E-state index contributed by atoms with van der Waals surface area (Å²) in [5.74, 6) is 0.0406. The number of aromatic nitrogens is 1. The van der Waals surface area contributed by atoms with Crippen molar-refractivity contribution in [2.45, 2.75) is 24.5 Å². The normalized spacial score (nSPS) is 17.8. The summed E-state index contributed by atoms with van der Waals surface area (Å²) in [5.41, 5.74) is 7.51. The first-order chi connectivity index (χ1) is 9.48. The molecule has 1 aliphatic rings. The highest BCUT2D eigenvalue weighted by atomic mass is 32.2. The average Bonchev–Trinajstić information content (AvgIpc) is 2.46. The zero-order chi connectivity index (χ0) is 14.8. The molecule has 2 rings (SSSR count). The number of thiocarbonyl (C=S) groups is 1. The summed E-state index contributed by atoms with van der Waals surface area (Å²) in [5, 5.41) is 0.